The molecule has 0 aliphatic carbocycles. The second-order valence-electron chi connectivity index (χ2n) is 9.20. The van der Waals surface area contributed by atoms with Crippen molar-refractivity contribution in [2.45, 2.75) is 24.3 Å². The molecule has 0 radical (unpaired) electrons. The van der Waals surface area contributed by atoms with Crippen LogP contribution in [0.15, 0.2) is 95.7 Å². The van der Waals surface area contributed by atoms with Crippen molar-refractivity contribution in [3.8, 4) is 6.07 Å². The van der Waals surface area contributed by atoms with Crippen molar-refractivity contribution in [3.05, 3.63) is 122 Å². The number of aromatic nitrogens is 1. The molecule has 2 amide bonds. The molecule has 3 aromatic carbocycles. The molecule has 0 spiro atoms. The number of anilines is 2. The Labute approximate surface area is 252 Å². The fourth-order valence-corrected chi connectivity index (χ4v) is 6.71. The maximum atomic E-state index is 13.6. The number of nitriles is 1. The SMILES string of the molecule is N#C/C(C(=O)Nc1ncc(Cc2cccc(Cl)c2)s1)=C1/S[C@H](Cc2cccc(C(F)(F)F)c2)C(=O)N1c1ccccc1. The van der Waals surface area contributed by atoms with Gasteiger partial charge in [-0.15, -0.1) is 11.3 Å². The lowest BCUT2D eigenvalue weighted by atomic mass is 10.1. The molecular weight excluding hydrogens is 605 g/mol. The number of halogens is 4. The summed E-state index contributed by atoms with van der Waals surface area (Å²) in [5, 5.41) is 12.8. The van der Waals surface area contributed by atoms with Crippen molar-refractivity contribution in [2.24, 2.45) is 0 Å². The van der Waals surface area contributed by atoms with Gasteiger partial charge in [0.15, 0.2) is 5.13 Å². The number of nitrogens with zero attached hydrogens (tertiary/aromatic N) is 3. The molecule has 2 heterocycles. The summed E-state index contributed by atoms with van der Waals surface area (Å²) in [6, 6.07) is 22.5. The molecule has 1 fully saturated rings. The van der Waals surface area contributed by atoms with Gasteiger partial charge in [0.25, 0.3) is 5.91 Å². The third kappa shape index (κ3) is 6.68. The molecule has 42 heavy (non-hydrogen) atoms. The summed E-state index contributed by atoms with van der Waals surface area (Å²) in [6.07, 6.45) is -2.39. The lowest BCUT2D eigenvalue weighted by molar-refractivity contribution is -0.137. The highest BCUT2D eigenvalue weighted by molar-refractivity contribution is 8.05. The van der Waals surface area contributed by atoms with Crippen molar-refractivity contribution >= 4 is 57.3 Å². The van der Waals surface area contributed by atoms with Crippen molar-refractivity contribution in [2.75, 3.05) is 10.2 Å². The Hall–Kier alpha value is -4.11. The number of hydrogen-bond acceptors (Lipinski definition) is 6. The zero-order valence-electron chi connectivity index (χ0n) is 21.6. The van der Waals surface area contributed by atoms with Crippen molar-refractivity contribution in [1.82, 2.24) is 4.98 Å². The van der Waals surface area contributed by atoms with E-state index in [2.05, 4.69) is 10.3 Å². The van der Waals surface area contributed by atoms with Gasteiger partial charge in [-0.2, -0.15) is 18.4 Å². The van der Waals surface area contributed by atoms with E-state index in [1.807, 2.05) is 24.3 Å². The third-order valence-electron chi connectivity index (χ3n) is 6.24. The number of thioether (sulfide) groups is 1. The van der Waals surface area contributed by atoms with Gasteiger partial charge in [0.1, 0.15) is 16.7 Å². The van der Waals surface area contributed by atoms with E-state index in [0.717, 1.165) is 34.3 Å². The molecule has 0 bridgehead atoms. The van der Waals surface area contributed by atoms with Gasteiger partial charge in [0.05, 0.1) is 10.8 Å². The molecular formula is C30H20ClF3N4O2S2. The number of alkyl halides is 3. The van der Waals surface area contributed by atoms with Crippen LogP contribution in [-0.4, -0.2) is 22.0 Å². The number of carbonyl (C=O) groups is 2. The minimum absolute atomic E-state index is 0.0279. The molecule has 1 N–H and O–H groups in total. The Morgan fingerprint density at radius 3 is 2.50 bits per heavy atom. The van der Waals surface area contributed by atoms with E-state index in [9.17, 15) is 28.0 Å². The number of amides is 2. The van der Waals surface area contributed by atoms with Gasteiger partial charge in [-0.25, -0.2) is 4.98 Å². The van der Waals surface area contributed by atoms with E-state index < -0.39 is 28.8 Å². The van der Waals surface area contributed by atoms with Gasteiger partial charge in [0.2, 0.25) is 5.91 Å². The number of nitrogens with one attached hydrogen (secondary N) is 1. The molecule has 212 valence electrons. The summed E-state index contributed by atoms with van der Waals surface area (Å²) in [4.78, 5) is 33.3. The molecule has 0 unspecified atom stereocenters. The monoisotopic (exact) mass is 624 g/mol. The molecule has 1 aliphatic rings. The maximum absolute atomic E-state index is 13.6. The van der Waals surface area contributed by atoms with Crippen LogP contribution in [0, 0.1) is 11.3 Å². The zero-order valence-corrected chi connectivity index (χ0v) is 23.9. The van der Waals surface area contributed by atoms with Crippen LogP contribution in [-0.2, 0) is 28.6 Å². The topological polar surface area (TPSA) is 86.1 Å². The summed E-state index contributed by atoms with van der Waals surface area (Å²) >= 11 is 8.27. The van der Waals surface area contributed by atoms with Crippen LogP contribution in [0.3, 0.4) is 0 Å². The van der Waals surface area contributed by atoms with E-state index in [1.165, 1.54) is 28.4 Å². The number of rotatable bonds is 7. The number of benzene rings is 3. The Balaban J connectivity index is 1.42. The Kier molecular flexibility index (Phi) is 8.68. The number of para-hydroxylation sites is 1. The first-order valence-electron chi connectivity index (χ1n) is 12.5. The molecule has 12 heteroatoms. The lowest BCUT2D eigenvalue weighted by Crippen LogP contribution is -2.30. The summed E-state index contributed by atoms with van der Waals surface area (Å²) < 4.78 is 39.8. The maximum Gasteiger partial charge on any atom is 0.416 e. The van der Waals surface area contributed by atoms with Crippen LogP contribution in [0.25, 0.3) is 0 Å². The Morgan fingerprint density at radius 2 is 1.79 bits per heavy atom. The van der Waals surface area contributed by atoms with E-state index in [1.54, 1.807) is 42.6 Å². The predicted molar refractivity (Wildman–Crippen MR) is 158 cm³/mol. The van der Waals surface area contributed by atoms with Gasteiger partial charge in [0, 0.05) is 28.2 Å². The fraction of sp³-hybridized carbons (Fsp3) is 0.133. The number of carbonyl (C=O) groups excluding carboxylic acids is 2. The molecule has 5 rings (SSSR count). The summed E-state index contributed by atoms with van der Waals surface area (Å²) in [6.45, 7) is 0. The van der Waals surface area contributed by atoms with Crippen molar-refractivity contribution < 1.29 is 22.8 Å². The molecule has 4 aromatic rings. The minimum atomic E-state index is -4.53. The zero-order chi connectivity index (χ0) is 29.9. The standard InChI is InChI=1S/C30H20ClF3N4O2S2/c31-21-9-5-7-19(13-21)14-23-17-36-29(41-23)37-26(39)24(16-35)28-38(22-10-2-1-3-11-22)27(40)25(42-28)15-18-6-4-8-20(12-18)30(32,33)34/h1-13,17,25H,14-15H2,(H,36,37,39)/b28-24-/t25-/m1/s1. The van der Waals surface area contributed by atoms with E-state index in [-0.39, 0.29) is 22.2 Å². The largest absolute Gasteiger partial charge is 0.416 e. The van der Waals surface area contributed by atoms with Crippen LogP contribution < -0.4 is 10.2 Å². The average Bonchev–Trinajstić information content (AvgIpc) is 3.52. The van der Waals surface area contributed by atoms with Crippen molar-refractivity contribution in [1.29, 1.82) is 5.26 Å². The third-order valence-corrected chi connectivity index (χ3v) is 8.65. The first-order chi connectivity index (χ1) is 20.1. The first kappa shape index (κ1) is 29.4. The van der Waals surface area contributed by atoms with E-state index >= 15 is 0 Å². The van der Waals surface area contributed by atoms with Crippen LogP contribution in [0.4, 0.5) is 24.0 Å². The average molecular weight is 625 g/mol. The second-order valence-corrected chi connectivity index (χ2v) is 11.9. The second kappa shape index (κ2) is 12.4. The molecule has 6 nitrogen and oxygen atoms in total. The Morgan fingerprint density at radius 1 is 1.05 bits per heavy atom. The normalized spacial score (nSPS) is 16.3. The molecule has 1 aliphatic heterocycles. The van der Waals surface area contributed by atoms with Gasteiger partial charge in [-0.1, -0.05) is 71.9 Å². The van der Waals surface area contributed by atoms with Crippen LogP contribution in [0.5, 0.6) is 0 Å². The van der Waals surface area contributed by atoms with Crippen LogP contribution in [0.2, 0.25) is 5.02 Å². The molecule has 1 saturated heterocycles. The molecule has 1 aromatic heterocycles. The highest BCUT2D eigenvalue weighted by atomic mass is 35.5. The highest BCUT2D eigenvalue weighted by Gasteiger charge is 2.41. The quantitative estimate of drug-likeness (QED) is 0.170. The van der Waals surface area contributed by atoms with Crippen molar-refractivity contribution in [3.63, 3.8) is 0 Å². The molecule has 0 saturated carbocycles. The fourth-order valence-electron chi connectivity index (χ4n) is 4.34. The van der Waals surface area contributed by atoms with Gasteiger partial charge >= 0.3 is 6.18 Å². The predicted octanol–water partition coefficient (Wildman–Crippen LogP) is 7.47. The minimum Gasteiger partial charge on any atom is -0.297 e. The highest BCUT2D eigenvalue weighted by Crippen LogP contribution is 2.42. The van der Waals surface area contributed by atoms with Gasteiger partial charge in [-0.3, -0.25) is 19.8 Å². The summed E-state index contributed by atoms with van der Waals surface area (Å²) in [5.41, 5.74) is 0.574. The van der Waals surface area contributed by atoms with E-state index in [0.29, 0.717) is 22.7 Å². The number of hydrogen-bond donors (Lipinski definition) is 1. The van der Waals surface area contributed by atoms with Crippen LogP contribution >= 0.6 is 34.7 Å². The number of thiazole rings is 1. The van der Waals surface area contributed by atoms with Gasteiger partial charge < -0.3 is 0 Å². The lowest BCUT2D eigenvalue weighted by Gasteiger charge is -2.18. The summed E-state index contributed by atoms with van der Waals surface area (Å²) in [5.74, 6) is -1.20. The summed E-state index contributed by atoms with van der Waals surface area (Å²) in [7, 11) is 0. The molecule has 1 atom stereocenters. The van der Waals surface area contributed by atoms with E-state index in [4.69, 9.17) is 11.6 Å². The first-order valence-corrected chi connectivity index (χ1v) is 14.6. The Bertz CT molecular complexity index is 1720. The van der Waals surface area contributed by atoms with Gasteiger partial charge in [-0.05, 0) is 47.9 Å². The smallest absolute Gasteiger partial charge is 0.297 e. The van der Waals surface area contributed by atoms with Crippen LogP contribution in [0.1, 0.15) is 21.6 Å².